The number of aromatic nitrogens is 3. The number of likely N-dealkylation sites (N-methyl/N-ethyl adjacent to an activating group) is 1. The van der Waals surface area contributed by atoms with E-state index in [1.54, 1.807) is 23.1 Å². The first-order chi connectivity index (χ1) is 14.1. The molecule has 0 saturated heterocycles. The van der Waals surface area contributed by atoms with Gasteiger partial charge in [-0.05, 0) is 48.3 Å². The fraction of sp³-hybridized carbons (Fsp3) is 0.286. The van der Waals surface area contributed by atoms with Crippen molar-refractivity contribution in [1.29, 1.82) is 0 Å². The molecule has 3 rings (SSSR count). The standard InChI is InChI=1S/C21H25N6O2/c1-4-27(14-15-29-20(28)17-8-6-5-7-9-17)19-12-10-18(11-13-19)23-24-21-22-16-25(2)26(21)3/h5-13,16H,4,14-15H2,1-3H3/q+1. The number of rotatable bonds is 8. The van der Waals surface area contributed by atoms with Crippen LogP contribution in [0.25, 0.3) is 0 Å². The topological polar surface area (TPSA) is 76.0 Å². The van der Waals surface area contributed by atoms with E-state index in [1.165, 1.54) is 0 Å². The molecule has 29 heavy (non-hydrogen) atoms. The number of anilines is 1. The van der Waals surface area contributed by atoms with Gasteiger partial charge in [0, 0.05) is 12.2 Å². The summed E-state index contributed by atoms with van der Waals surface area (Å²) < 4.78 is 9.00. The molecule has 8 heteroatoms. The molecule has 0 aliphatic carbocycles. The largest absolute Gasteiger partial charge is 0.460 e. The third-order valence-corrected chi connectivity index (χ3v) is 4.56. The van der Waals surface area contributed by atoms with Crippen molar-refractivity contribution in [2.45, 2.75) is 6.92 Å². The van der Waals surface area contributed by atoms with E-state index in [9.17, 15) is 4.79 Å². The van der Waals surface area contributed by atoms with Crippen LogP contribution in [0.1, 0.15) is 17.3 Å². The van der Waals surface area contributed by atoms with Crippen molar-refractivity contribution in [2.24, 2.45) is 24.3 Å². The summed E-state index contributed by atoms with van der Waals surface area (Å²) in [4.78, 5) is 18.4. The van der Waals surface area contributed by atoms with Crippen LogP contribution in [0.5, 0.6) is 0 Å². The van der Waals surface area contributed by atoms with Gasteiger partial charge in [-0.2, -0.15) is 9.36 Å². The molecule has 1 heterocycles. The van der Waals surface area contributed by atoms with Crippen LogP contribution in [0.3, 0.4) is 0 Å². The molecule has 0 atom stereocenters. The van der Waals surface area contributed by atoms with Crippen LogP contribution in [-0.4, -0.2) is 35.3 Å². The highest BCUT2D eigenvalue weighted by Crippen LogP contribution is 2.21. The van der Waals surface area contributed by atoms with Crippen molar-refractivity contribution in [3.05, 3.63) is 66.5 Å². The minimum atomic E-state index is -0.305. The molecule has 0 aliphatic heterocycles. The van der Waals surface area contributed by atoms with Crippen LogP contribution in [0.2, 0.25) is 0 Å². The van der Waals surface area contributed by atoms with Crippen LogP contribution in [0.4, 0.5) is 17.3 Å². The van der Waals surface area contributed by atoms with Crippen molar-refractivity contribution < 1.29 is 14.2 Å². The Balaban J connectivity index is 1.56. The molecular formula is C21H25N6O2+. The van der Waals surface area contributed by atoms with Gasteiger partial charge in [0.1, 0.15) is 13.7 Å². The normalized spacial score (nSPS) is 11.0. The molecule has 0 saturated carbocycles. The highest BCUT2D eigenvalue weighted by atomic mass is 16.5. The minimum absolute atomic E-state index is 0.305. The van der Waals surface area contributed by atoms with E-state index >= 15 is 0 Å². The van der Waals surface area contributed by atoms with Crippen LogP contribution in [0, 0.1) is 0 Å². The molecular weight excluding hydrogens is 368 g/mol. The van der Waals surface area contributed by atoms with E-state index in [0.29, 0.717) is 24.7 Å². The third-order valence-electron chi connectivity index (χ3n) is 4.56. The minimum Gasteiger partial charge on any atom is -0.460 e. The SMILES string of the molecule is CCN(CCOC(=O)c1ccccc1)c1ccc(N=Nc2nc[n+](C)n2C)cc1. The first kappa shape index (κ1) is 20.2. The van der Waals surface area contributed by atoms with Crippen molar-refractivity contribution in [2.75, 3.05) is 24.6 Å². The van der Waals surface area contributed by atoms with Crippen molar-refractivity contribution >= 4 is 23.3 Å². The average Bonchev–Trinajstić information content (AvgIpc) is 3.08. The van der Waals surface area contributed by atoms with Gasteiger partial charge >= 0.3 is 18.2 Å². The first-order valence-corrected chi connectivity index (χ1v) is 9.45. The Morgan fingerprint density at radius 2 is 1.86 bits per heavy atom. The van der Waals surface area contributed by atoms with Gasteiger partial charge in [-0.3, -0.25) is 0 Å². The molecule has 2 aromatic carbocycles. The number of esters is 1. The van der Waals surface area contributed by atoms with Crippen LogP contribution in [-0.2, 0) is 18.8 Å². The summed E-state index contributed by atoms with van der Waals surface area (Å²) in [6.45, 7) is 3.79. The predicted molar refractivity (Wildman–Crippen MR) is 110 cm³/mol. The Hall–Kier alpha value is -3.55. The number of ether oxygens (including phenoxy) is 1. The molecule has 0 aliphatic rings. The Kier molecular flexibility index (Phi) is 6.67. The Labute approximate surface area is 170 Å². The lowest BCUT2D eigenvalue weighted by atomic mass is 10.2. The number of aryl methyl sites for hydroxylation is 1. The molecule has 1 aromatic heterocycles. The molecule has 0 N–H and O–H groups in total. The van der Waals surface area contributed by atoms with Crippen molar-refractivity contribution in [3.8, 4) is 0 Å². The van der Waals surface area contributed by atoms with E-state index in [4.69, 9.17) is 4.74 Å². The van der Waals surface area contributed by atoms with Gasteiger partial charge in [0.15, 0.2) is 0 Å². The summed E-state index contributed by atoms with van der Waals surface area (Å²) in [5.74, 6) is 0.229. The van der Waals surface area contributed by atoms with E-state index in [1.807, 2.05) is 61.2 Å². The molecule has 0 amide bonds. The first-order valence-electron chi connectivity index (χ1n) is 9.45. The zero-order valence-corrected chi connectivity index (χ0v) is 16.9. The van der Waals surface area contributed by atoms with Crippen molar-refractivity contribution in [1.82, 2.24) is 9.67 Å². The Morgan fingerprint density at radius 3 is 2.48 bits per heavy atom. The van der Waals surface area contributed by atoms with E-state index < -0.39 is 0 Å². The number of benzene rings is 2. The Morgan fingerprint density at radius 1 is 1.14 bits per heavy atom. The molecule has 0 unspecified atom stereocenters. The zero-order valence-electron chi connectivity index (χ0n) is 16.9. The van der Waals surface area contributed by atoms with E-state index in [-0.39, 0.29) is 5.97 Å². The number of azo groups is 1. The van der Waals surface area contributed by atoms with Gasteiger partial charge in [0.05, 0.1) is 24.8 Å². The van der Waals surface area contributed by atoms with E-state index in [2.05, 4.69) is 27.0 Å². The van der Waals surface area contributed by atoms with E-state index in [0.717, 1.165) is 17.9 Å². The molecule has 150 valence electrons. The summed E-state index contributed by atoms with van der Waals surface area (Å²) in [5, 5.41) is 8.41. The third kappa shape index (κ3) is 5.25. The molecule has 0 spiro atoms. The monoisotopic (exact) mass is 393 g/mol. The quantitative estimate of drug-likeness (QED) is 0.334. The second-order valence-corrected chi connectivity index (χ2v) is 6.44. The number of carbonyl (C=O) groups is 1. The summed E-state index contributed by atoms with van der Waals surface area (Å²) >= 11 is 0. The smallest absolute Gasteiger partial charge is 0.394 e. The number of carbonyl (C=O) groups excluding carboxylic acids is 1. The molecule has 0 fully saturated rings. The van der Waals surface area contributed by atoms with Crippen LogP contribution in [0.15, 0.2) is 71.2 Å². The van der Waals surface area contributed by atoms with Gasteiger partial charge in [-0.1, -0.05) is 23.3 Å². The van der Waals surface area contributed by atoms with Crippen molar-refractivity contribution in [3.63, 3.8) is 0 Å². The fourth-order valence-electron chi connectivity index (χ4n) is 2.74. The lowest BCUT2D eigenvalue weighted by Crippen LogP contribution is -2.35. The molecule has 3 aromatic rings. The molecule has 0 bridgehead atoms. The Bertz CT molecular complexity index is 967. The molecule has 8 nitrogen and oxygen atoms in total. The molecule has 0 radical (unpaired) electrons. The van der Waals surface area contributed by atoms with Crippen LogP contribution >= 0.6 is 0 Å². The number of hydrogen-bond acceptors (Lipinski definition) is 6. The highest BCUT2D eigenvalue weighted by molar-refractivity contribution is 5.89. The summed E-state index contributed by atoms with van der Waals surface area (Å²) in [5.41, 5.74) is 2.34. The summed E-state index contributed by atoms with van der Waals surface area (Å²) in [7, 11) is 3.76. The number of hydrogen-bond donors (Lipinski definition) is 0. The van der Waals surface area contributed by atoms with Gasteiger partial charge in [0.2, 0.25) is 0 Å². The fourth-order valence-corrected chi connectivity index (χ4v) is 2.74. The second-order valence-electron chi connectivity index (χ2n) is 6.44. The highest BCUT2D eigenvalue weighted by Gasteiger charge is 2.10. The maximum Gasteiger partial charge on any atom is 0.394 e. The maximum atomic E-state index is 12.0. The van der Waals surface area contributed by atoms with Gasteiger partial charge in [-0.15, -0.1) is 5.11 Å². The zero-order chi connectivity index (χ0) is 20.6. The van der Waals surface area contributed by atoms with Crippen LogP contribution < -0.4 is 9.58 Å². The predicted octanol–water partition coefficient (Wildman–Crippen LogP) is 3.34. The average molecular weight is 393 g/mol. The summed E-state index contributed by atoms with van der Waals surface area (Å²) in [6.07, 6.45) is 1.68. The maximum absolute atomic E-state index is 12.0. The lowest BCUT2D eigenvalue weighted by molar-refractivity contribution is -0.751. The van der Waals surface area contributed by atoms with Gasteiger partial charge in [-0.25, -0.2) is 4.79 Å². The number of nitrogens with zero attached hydrogens (tertiary/aromatic N) is 6. The lowest BCUT2D eigenvalue weighted by Gasteiger charge is -2.22. The van der Waals surface area contributed by atoms with Gasteiger partial charge < -0.3 is 9.64 Å². The summed E-state index contributed by atoms with van der Waals surface area (Å²) in [6, 6.07) is 16.8. The van der Waals surface area contributed by atoms with Gasteiger partial charge in [0.25, 0.3) is 0 Å². The second kappa shape index (κ2) is 9.59.